The van der Waals surface area contributed by atoms with Gasteiger partial charge in [0.25, 0.3) is 5.92 Å². The lowest BCUT2D eigenvalue weighted by Gasteiger charge is -2.23. The highest BCUT2D eigenvalue weighted by Crippen LogP contribution is 2.47. The monoisotopic (exact) mass is 234 g/mol. The van der Waals surface area contributed by atoms with Crippen LogP contribution in [0.2, 0.25) is 0 Å². The van der Waals surface area contributed by atoms with E-state index in [0.717, 1.165) is 6.92 Å². The lowest BCUT2D eigenvalue weighted by molar-refractivity contribution is -0.150. The largest absolute Gasteiger partial charge is 0.456 e. The van der Waals surface area contributed by atoms with Gasteiger partial charge in [-0.15, -0.1) is 0 Å². The van der Waals surface area contributed by atoms with E-state index < -0.39 is 24.7 Å². The lowest BCUT2D eigenvalue weighted by atomic mass is 9.88. The van der Waals surface area contributed by atoms with Crippen LogP contribution in [0.4, 0.5) is 8.78 Å². The number of carbonyl (C=O) groups excluding carboxylic acids is 1. The molecule has 3 heterocycles. The Morgan fingerprint density at radius 3 is 2.94 bits per heavy atom. The maximum Gasteiger partial charge on any atom is 0.312 e. The molecule has 0 spiro atoms. The quantitative estimate of drug-likeness (QED) is 0.675. The Morgan fingerprint density at radius 1 is 1.50 bits per heavy atom. The van der Waals surface area contributed by atoms with Gasteiger partial charge in [-0.25, -0.2) is 8.78 Å². The van der Waals surface area contributed by atoms with E-state index in [4.69, 9.17) is 14.2 Å². The van der Waals surface area contributed by atoms with Crippen LogP contribution in [0.1, 0.15) is 13.3 Å². The summed E-state index contributed by atoms with van der Waals surface area (Å²) in [4.78, 5) is 11.3. The third-order valence-electron chi connectivity index (χ3n) is 3.31. The van der Waals surface area contributed by atoms with Gasteiger partial charge in [-0.3, -0.25) is 4.79 Å². The van der Waals surface area contributed by atoms with Gasteiger partial charge in [-0.05, 0) is 6.42 Å². The topological polar surface area (TPSA) is 44.8 Å². The summed E-state index contributed by atoms with van der Waals surface area (Å²) in [6.45, 7) is 0.132. The Kier molecular flexibility index (Phi) is 2.04. The number of halogens is 2. The average molecular weight is 234 g/mol. The predicted octanol–water partition coefficient (Wildman–Crippen LogP) is 0.740. The Bertz CT molecular complexity index is 327. The SMILES string of the molecule is CC(F)(F)COC1C2CC3C(=O)OC1C3O2. The van der Waals surface area contributed by atoms with E-state index in [1.807, 2.05) is 0 Å². The summed E-state index contributed by atoms with van der Waals surface area (Å²) >= 11 is 0. The zero-order valence-electron chi connectivity index (χ0n) is 8.69. The third-order valence-corrected chi connectivity index (χ3v) is 3.31. The zero-order chi connectivity index (χ0) is 11.5. The summed E-state index contributed by atoms with van der Waals surface area (Å²) in [5, 5.41) is 0. The van der Waals surface area contributed by atoms with Crippen LogP contribution in [-0.4, -0.2) is 42.9 Å². The molecule has 2 bridgehead atoms. The minimum atomic E-state index is -2.87. The molecule has 0 aromatic rings. The van der Waals surface area contributed by atoms with Crippen molar-refractivity contribution in [3.05, 3.63) is 0 Å². The van der Waals surface area contributed by atoms with E-state index in [9.17, 15) is 13.6 Å². The van der Waals surface area contributed by atoms with Gasteiger partial charge in [-0.1, -0.05) is 0 Å². The fourth-order valence-corrected chi connectivity index (χ4v) is 2.68. The summed E-state index contributed by atoms with van der Waals surface area (Å²) in [5.74, 6) is -3.37. The Labute approximate surface area is 90.8 Å². The highest BCUT2D eigenvalue weighted by molar-refractivity contribution is 5.77. The second-order valence-electron chi connectivity index (χ2n) is 4.73. The zero-order valence-corrected chi connectivity index (χ0v) is 8.69. The van der Waals surface area contributed by atoms with E-state index in [1.165, 1.54) is 0 Å². The lowest BCUT2D eigenvalue weighted by Crippen LogP contribution is -2.40. The summed E-state index contributed by atoms with van der Waals surface area (Å²) < 4.78 is 41.0. The number of hydrogen-bond acceptors (Lipinski definition) is 4. The minimum absolute atomic E-state index is 0.211. The van der Waals surface area contributed by atoms with E-state index in [0.29, 0.717) is 6.42 Å². The average Bonchev–Trinajstić information content (AvgIpc) is 2.74. The summed E-state index contributed by atoms with van der Waals surface area (Å²) in [5.41, 5.74) is 0. The van der Waals surface area contributed by atoms with Crippen molar-refractivity contribution in [2.24, 2.45) is 5.92 Å². The first-order valence-electron chi connectivity index (χ1n) is 5.31. The van der Waals surface area contributed by atoms with Crippen molar-refractivity contribution in [3.8, 4) is 0 Å². The molecule has 0 amide bonds. The van der Waals surface area contributed by atoms with E-state index >= 15 is 0 Å². The normalized spacial score (nSPS) is 45.2. The smallest absolute Gasteiger partial charge is 0.312 e. The summed E-state index contributed by atoms with van der Waals surface area (Å²) in [6.07, 6.45) is -1.04. The van der Waals surface area contributed by atoms with Crippen LogP contribution in [0.5, 0.6) is 0 Å². The van der Waals surface area contributed by atoms with Gasteiger partial charge in [0, 0.05) is 6.92 Å². The van der Waals surface area contributed by atoms with Gasteiger partial charge in [0.05, 0.1) is 12.0 Å². The molecule has 3 fully saturated rings. The van der Waals surface area contributed by atoms with E-state index in [1.54, 1.807) is 0 Å². The molecular formula is C10H12F2O4. The molecule has 0 aromatic carbocycles. The number of hydrogen-bond donors (Lipinski definition) is 0. The molecule has 0 radical (unpaired) electrons. The number of rotatable bonds is 3. The first kappa shape index (κ1) is 10.4. The number of carbonyl (C=O) groups is 1. The van der Waals surface area contributed by atoms with Crippen LogP contribution in [0, 0.1) is 5.92 Å². The molecule has 0 saturated carbocycles. The molecule has 4 nitrogen and oxygen atoms in total. The van der Waals surface area contributed by atoms with Crippen molar-refractivity contribution >= 4 is 5.97 Å². The molecule has 0 aromatic heterocycles. The maximum atomic E-state index is 12.7. The van der Waals surface area contributed by atoms with Gasteiger partial charge >= 0.3 is 5.97 Å². The van der Waals surface area contributed by atoms with Crippen LogP contribution in [0.15, 0.2) is 0 Å². The molecule has 5 atom stereocenters. The van der Waals surface area contributed by atoms with Gasteiger partial charge in [0.2, 0.25) is 0 Å². The highest BCUT2D eigenvalue weighted by atomic mass is 19.3. The molecule has 3 aliphatic rings. The van der Waals surface area contributed by atoms with Crippen LogP contribution in [0.3, 0.4) is 0 Å². The second kappa shape index (κ2) is 3.13. The summed E-state index contributed by atoms with van der Waals surface area (Å²) in [6, 6.07) is 0. The molecular weight excluding hydrogens is 222 g/mol. The van der Waals surface area contributed by atoms with Crippen molar-refractivity contribution in [1.82, 2.24) is 0 Å². The molecule has 16 heavy (non-hydrogen) atoms. The predicted molar refractivity (Wildman–Crippen MR) is 47.0 cm³/mol. The van der Waals surface area contributed by atoms with E-state index in [2.05, 4.69) is 0 Å². The van der Waals surface area contributed by atoms with Gasteiger partial charge < -0.3 is 14.2 Å². The maximum absolute atomic E-state index is 12.7. The van der Waals surface area contributed by atoms with Crippen LogP contribution in [0.25, 0.3) is 0 Å². The Balaban J connectivity index is 1.68. The molecule has 3 rings (SSSR count). The molecule has 0 aliphatic carbocycles. The number of alkyl halides is 2. The van der Waals surface area contributed by atoms with Crippen LogP contribution >= 0.6 is 0 Å². The van der Waals surface area contributed by atoms with Crippen LogP contribution < -0.4 is 0 Å². The second-order valence-corrected chi connectivity index (χ2v) is 4.73. The Morgan fingerprint density at radius 2 is 2.25 bits per heavy atom. The fraction of sp³-hybridized carbons (Fsp3) is 0.900. The summed E-state index contributed by atoms with van der Waals surface area (Å²) in [7, 11) is 0. The molecule has 0 N–H and O–H groups in total. The molecule has 3 saturated heterocycles. The first-order chi connectivity index (χ1) is 7.46. The van der Waals surface area contributed by atoms with Gasteiger partial charge in [0.1, 0.15) is 18.8 Å². The van der Waals surface area contributed by atoms with Crippen molar-refractivity contribution in [2.75, 3.05) is 6.61 Å². The number of ether oxygens (including phenoxy) is 3. The Hall–Kier alpha value is -0.750. The fourth-order valence-electron chi connectivity index (χ4n) is 2.68. The van der Waals surface area contributed by atoms with Crippen molar-refractivity contribution < 1.29 is 27.8 Å². The number of fused-ring (bicyclic) bond motifs is 1. The van der Waals surface area contributed by atoms with Crippen LogP contribution in [-0.2, 0) is 19.0 Å². The first-order valence-corrected chi connectivity index (χ1v) is 5.31. The van der Waals surface area contributed by atoms with Gasteiger partial charge in [-0.2, -0.15) is 0 Å². The van der Waals surface area contributed by atoms with Crippen molar-refractivity contribution in [3.63, 3.8) is 0 Å². The highest BCUT2D eigenvalue weighted by Gasteiger charge is 2.64. The molecule has 3 aliphatic heterocycles. The minimum Gasteiger partial charge on any atom is -0.456 e. The molecule has 6 heteroatoms. The standard InChI is InChI=1S/C10H12F2O4/c1-10(11,12)3-14-7-5-2-4-6(15-5)8(7)16-9(4)13/h4-8H,2-3H2,1H3. The molecule has 90 valence electrons. The third kappa shape index (κ3) is 1.43. The van der Waals surface area contributed by atoms with Gasteiger partial charge in [0.15, 0.2) is 6.10 Å². The van der Waals surface area contributed by atoms with E-state index in [-0.39, 0.29) is 24.1 Å². The van der Waals surface area contributed by atoms with Crippen molar-refractivity contribution in [1.29, 1.82) is 0 Å². The number of esters is 1. The van der Waals surface area contributed by atoms with Crippen molar-refractivity contribution in [2.45, 2.75) is 43.7 Å². The molecule has 5 unspecified atom stereocenters.